The molecule has 0 radical (unpaired) electrons. The van der Waals surface area contributed by atoms with Gasteiger partial charge in [0.15, 0.2) is 15.6 Å². The number of rotatable bonds is 2. The molecule has 1 aliphatic heterocycles. The van der Waals surface area contributed by atoms with E-state index in [-0.39, 0.29) is 17.5 Å². The molecule has 0 amide bonds. The smallest absolute Gasteiger partial charge is 0.160 e. The van der Waals surface area contributed by atoms with E-state index in [1.165, 1.54) is 0 Å². The highest BCUT2D eigenvalue weighted by Gasteiger charge is 2.40. The number of fused-ring (bicyclic) bond motifs is 1. The van der Waals surface area contributed by atoms with E-state index in [0.717, 1.165) is 36.9 Å². The van der Waals surface area contributed by atoms with Crippen LogP contribution >= 0.6 is 0 Å². The molecule has 1 aliphatic carbocycles. The van der Waals surface area contributed by atoms with Gasteiger partial charge in [0.25, 0.3) is 0 Å². The van der Waals surface area contributed by atoms with Crippen LogP contribution in [0.25, 0.3) is 0 Å². The van der Waals surface area contributed by atoms with E-state index in [1.807, 2.05) is 12.1 Å². The summed E-state index contributed by atoms with van der Waals surface area (Å²) in [6.45, 7) is 0. The Morgan fingerprint density at radius 2 is 2.05 bits per heavy atom. The van der Waals surface area contributed by atoms with E-state index in [0.29, 0.717) is 12.8 Å². The average Bonchev–Trinajstić information content (AvgIpc) is 2.45. The molecule has 20 heavy (non-hydrogen) atoms. The number of Topliss-reactive ketones (excluding diaryl/α,β-unsaturated/α-hetero) is 1. The molecule has 0 spiro atoms. The van der Waals surface area contributed by atoms with Gasteiger partial charge in [-0.3, -0.25) is 9.78 Å². The highest BCUT2D eigenvalue weighted by molar-refractivity contribution is 7.92. The maximum absolute atomic E-state index is 12.7. The molecule has 0 aromatic carbocycles. The third-order valence-corrected chi connectivity index (χ3v) is 6.63. The normalized spacial score (nSPS) is 28.6. The van der Waals surface area contributed by atoms with Crippen molar-refractivity contribution in [2.75, 3.05) is 5.75 Å². The molecule has 0 bridgehead atoms. The summed E-state index contributed by atoms with van der Waals surface area (Å²) in [4.78, 5) is 17.1. The molecule has 1 saturated heterocycles. The SMILES string of the molecule is O=C(C1CCCc2cccnc21)C1CCCCS1(=O)=O. The minimum atomic E-state index is -3.25. The van der Waals surface area contributed by atoms with Gasteiger partial charge in [-0.25, -0.2) is 8.42 Å². The monoisotopic (exact) mass is 293 g/mol. The molecule has 1 fully saturated rings. The highest BCUT2D eigenvalue weighted by atomic mass is 32.2. The first-order valence-corrected chi connectivity index (χ1v) is 9.00. The molecule has 0 saturated carbocycles. The Labute approximate surface area is 119 Å². The molecular weight excluding hydrogens is 274 g/mol. The quantitative estimate of drug-likeness (QED) is 0.837. The number of sulfone groups is 1. The summed E-state index contributed by atoms with van der Waals surface area (Å²) in [5.74, 6) is -0.284. The maximum Gasteiger partial charge on any atom is 0.160 e. The number of carbonyl (C=O) groups is 1. The van der Waals surface area contributed by atoms with Gasteiger partial charge in [-0.05, 0) is 43.7 Å². The number of aryl methyl sites for hydroxylation is 1. The molecule has 1 aromatic heterocycles. The summed E-state index contributed by atoms with van der Waals surface area (Å²) >= 11 is 0. The summed E-state index contributed by atoms with van der Waals surface area (Å²) in [6.07, 6.45) is 6.30. The van der Waals surface area contributed by atoms with Gasteiger partial charge in [0.2, 0.25) is 0 Å². The second kappa shape index (κ2) is 5.28. The van der Waals surface area contributed by atoms with Crippen LogP contribution in [0.2, 0.25) is 0 Å². The van der Waals surface area contributed by atoms with Crippen molar-refractivity contribution in [1.82, 2.24) is 4.98 Å². The van der Waals surface area contributed by atoms with Crippen molar-refractivity contribution in [3.05, 3.63) is 29.6 Å². The van der Waals surface area contributed by atoms with E-state index >= 15 is 0 Å². The van der Waals surface area contributed by atoms with Gasteiger partial charge in [-0.2, -0.15) is 0 Å². The summed E-state index contributed by atoms with van der Waals surface area (Å²) < 4.78 is 24.3. The number of hydrogen-bond donors (Lipinski definition) is 0. The number of nitrogens with zero attached hydrogens (tertiary/aromatic N) is 1. The van der Waals surface area contributed by atoms with E-state index < -0.39 is 15.1 Å². The van der Waals surface area contributed by atoms with Gasteiger partial charge in [0, 0.05) is 6.20 Å². The third kappa shape index (κ3) is 2.39. The van der Waals surface area contributed by atoms with Gasteiger partial charge < -0.3 is 0 Å². The fraction of sp³-hybridized carbons (Fsp3) is 0.600. The lowest BCUT2D eigenvalue weighted by Gasteiger charge is -2.28. The molecule has 2 heterocycles. The first-order valence-electron chi connectivity index (χ1n) is 7.29. The van der Waals surface area contributed by atoms with Gasteiger partial charge in [0.05, 0.1) is 17.4 Å². The lowest BCUT2D eigenvalue weighted by atomic mass is 9.82. The van der Waals surface area contributed by atoms with Crippen LogP contribution in [0, 0.1) is 0 Å². The van der Waals surface area contributed by atoms with E-state index in [1.54, 1.807) is 6.20 Å². The van der Waals surface area contributed by atoms with Crippen LogP contribution < -0.4 is 0 Å². The Kier molecular flexibility index (Phi) is 3.63. The number of aromatic nitrogens is 1. The lowest BCUT2D eigenvalue weighted by molar-refractivity contribution is -0.120. The van der Waals surface area contributed by atoms with Crippen molar-refractivity contribution in [2.24, 2.45) is 0 Å². The van der Waals surface area contributed by atoms with Gasteiger partial charge in [-0.1, -0.05) is 12.5 Å². The Balaban J connectivity index is 1.92. The van der Waals surface area contributed by atoms with Crippen LogP contribution in [-0.2, 0) is 21.1 Å². The summed E-state index contributed by atoms with van der Waals surface area (Å²) in [5.41, 5.74) is 1.91. The standard InChI is InChI=1S/C15H19NO3S/c17-15(13-8-1-2-10-20(13,18)19)12-7-3-5-11-6-4-9-16-14(11)12/h4,6,9,12-13H,1-3,5,7-8,10H2. The minimum absolute atomic E-state index is 0.121. The number of pyridine rings is 1. The molecule has 2 unspecified atom stereocenters. The van der Waals surface area contributed by atoms with Crippen LogP contribution in [0.1, 0.15) is 49.3 Å². The van der Waals surface area contributed by atoms with Crippen LogP contribution in [0.15, 0.2) is 18.3 Å². The van der Waals surface area contributed by atoms with E-state index in [4.69, 9.17) is 0 Å². The Morgan fingerprint density at radius 1 is 1.20 bits per heavy atom. The zero-order valence-corrected chi connectivity index (χ0v) is 12.2. The molecule has 5 heteroatoms. The van der Waals surface area contributed by atoms with Crippen LogP contribution in [-0.4, -0.2) is 30.2 Å². The van der Waals surface area contributed by atoms with Gasteiger partial charge >= 0.3 is 0 Å². The molecule has 3 rings (SSSR count). The zero-order valence-electron chi connectivity index (χ0n) is 11.4. The van der Waals surface area contributed by atoms with Gasteiger partial charge in [-0.15, -0.1) is 0 Å². The first-order chi connectivity index (χ1) is 9.59. The number of hydrogen-bond acceptors (Lipinski definition) is 4. The van der Waals surface area contributed by atoms with Crippen molar-refractivity contribution in [3.8, 4) is 0 Å². The van der Waals surface area contributed by atoms with E-state index in [2.05, 4.69) is 4.98 Å². The maximum atomic E-state index is 12.7. The molecule has 108 valence electrons. The Bertz CT molecular complexity index is 624. The van der Waals surface area contributed by atoms with Crippen LogP contribution in [0.5, 0.6) is 0 Å². The van der Waals surface area contributed by atoms with Crippen molar-refractivity contribution in [3.63, 3.8) is 0 Å². The lowest BCUT2D eigenvalue weighted by Crippen LogP contribution is -2.39. The molecule has 4 nitrogen and oxygen atoms in total. The Morgan fingerprint density at radius 3 is 2.85 bits per heavy atom. The molecule has 2 aliphatic rings. The van der Waals surface area contributed by atoms with Crippen LogP contribution in [0.4, 0.5) is 0 Å². The van der Waals surface area contributed by atoms with Crippen molar-refractivity contribution >= 4 is 15.6 Å². The average molecular weight is 293 g/mol. The van der Waals surface area contributed by atoms with Crippen LogP contribution in [0.3, 0.4) is 0 Å². The van der Waals surface area contributed by atoms with E-state index in [9.17, 15) is 13.2 Å². The predicted octanol–water partition coefficient (Wildman–Crippen LogP) is 2.04. The summed E-state index contributed by atoms with van der Waals surface area (Å²) in [6, 6.07) is 3.88. The molecule has 2 atom stereocenters. The minimum Gasteiger partial charge on any atom is -0.297 e. The molecular formula is C15H19NO3S. The largest absolute Gasteiger partial charge is 0.297 e. The molecule has 0 N–H and O–H groups in total. The highest BCUT2D eigenvalue weighted by Crippen LogP contribution is 2.34. The topological polar surface area (TPSA) is 64.1 Å². The Hall–Kier alpha value is -1.23. The molecule has 1 aromatic rings. The summed E-state index contributed by atoms with van der Waals surface area (Å²) in [7, 11) is -3.25. The van der Waals surface area contributed by atoms with Crippen molar-refractivity contribution < 1.29 is 13.2 Å². The second-order valence-electron chi connectivity index (χ2n) is 5.75. The van der Waals surface area contributed by atoms with Gasteiger partial charge in [0.1, 0.15) is 5.25 Å². The first kappa shape index (κ1) is 13.7. The predicted molar refractivity (Wildman–Crippen MR) is 76.3 cm³/mol. The third-order valence-electron chi connectivity index (χ3n) is 4.43. The zero-order chi connectivity index (χ0) is 14.2. The fourth-order valence-corrected chi connectivity index (χ4v) is 5.32. The van der Waals surface area contributed by atoms with Crippen molar-refractivity contribution in [2.45, 2.75) is 49.7 Å². The number of carbonyl (C=O) groups excluding carboxylic acids is 1. The second-order valence-corrected chi connectivity index (χ2v) is 8.05. The van der Waals surface area contributed by atoms with Crippen molar-refractivity contribution in [1.29, 1.82) is 0 Å². The number of ketones is 1. The summed E-state index contributed by atoms with van der Waals surface area (Å²) in [5, 5.41) is -0.797. The fourth-order valence-electron chi connectivity index (χ4n) is 3.38.